The fourth-order valence-corrected chi connectivity index (χ4v) is 11.2. The fourth-order valence-electron chi connectivity index (χ4n) is 6.56. The second-order valence-electron chi connectivity index (χ2n) is 14.8. The largest absolute Gasteiger partial charge is 0.461 e. The summed E-state index contributed by atoms with van der Waals surface area (Å²) in [6.07, 6.45) is 23.4. The van der Waals surface area contributed by atoms with E-state index in [4.69, 9.17) is 18.6 Å². The van der Waals surface area contributed by atoms with Gasteiger partial charge in [-0.3, -0.25) is 4.79 Å². The third kappa shape index (κ3) is 17.8. The van der Waals surface area contributed by atoms with Crippen LogP contribution in [0.2, 0.25) is 5.04 Å². The van der Waals surface area contributed by atoms with Crippen molar-refractivity contribution in [3.05, 3.63) is 72.8 Å². The molecule has 2 aromatic carbocycles. The lowest BCUT2D eigenvalue weighted by atomic mass is 10.1. The lowest BCUT2D eigenvalue weighted by molar-refractivity contribution is -0.142. The van der Waals surface area contributed by atoms with Gasteiger partial charge in [-0.1, -0.05) is 178 Å². The molecule has 0 bridgehead atoms. The van der Waals surface area contributed by atoms with Crippen LogP contribution in [0.5, 0.6) is 0 Å². The van der Waals surface area contributed by atoms with Crippen molar-refractivity contribution in [1.29, 1.82) is 0 Å². The van der Waals surface area contributed by atoms with Crippen LogP contribution in [0.25, 0.3) is 0 Å². The molecular formula is C44H72O5Si. The number of carbonyl (C=O) groups is 1. The Morgan fingerprint density at radius 1 is 0.640 bits per heavy atom. The van der Waals surface area contributed by atoms with Gasteiger partial charge in [-0.2, -0.15) is 0 Å². The molecule has 0 radical (unpaired) electrons. The first-order valence-electron chi connectivity index (χ1n) is 20.1. The number of rotatable bonds is 30. The van der Waals surface area contributed by atoms with Gasteiger partial charge in [0.25, 0.3) is 8.32 Å². The molecule has 1 atom stereocenters. The van der Waals surface area contributed by atoms with Crippen molar-refractivity contribution in [3.8, 4) is 0 Å². The van der Waals surface area contributed by atoms with Crippen molar-refractivity contribution in [2.75, 3.05) is 33.0 Å². The molecule has 0 saturated carbocycles. The van der Waals surface area contributed by atoms with E-state index < -0.39 is 8.32 Å². The average molecular weight is 709 g/mol. The quantitative estimate of drug-likeness (QED) is 0.0350. The Labute approximate surface area is 308 Å². The van der Waals surface area contributed by atoms with Crippen LogP contribution in [0.3, 0.4) is 0 Å². The summed E-state index contributed by atoms with van der Waals surface area (Å²) in [7, 11) is -2.74. The van der Waals surface area contributed by atoms with E-state index in [2.05, 4.69) is 101 Å². The number of esters is 1. The maximum atomic E-state index is 12.2. The second-order valence-corrected chi connectivity index (χ2v) is 19.1. The maximum absolute atomic E-state index is 12.2. The summed E-state index contributed by atoms with van der Waals surface area (Å²) in [4.78, 5) is 12.2. The zero-order valence-electron chi connectivity index (χ0n) is 32.6. The van der Waals surface area contributed by atoms with Crippen LogP contribution in [-0.2, 0) is 23.4 Å². The van der Waals surface area contributed by atoms with Crippen molar-refractivity contribution >= 4 is 24.7 Å². The number of carbonyl (C=O) groups excluding carboxylic acids is 1. The van der Waals surface area contributed by atoms with E-state index in [9.17, 15) is 4.79 Å². The molecule has 5 nitrogen and oxygen atoms in total. The molecule has 2 aromatic rings. The molecule has 50 heavy (non-hydrogen) atoms. The van der Waals surface area contributed by atoms with Crippen molar-refractivity contribution in [2.24, 2.45) is 0 Å². The summed E-state index contributed by atoms with van der Waals surface area (Å²) in [5.41, 5.74) is 0. The third-order valence-corrected chi connectivity index (χ3v) is 14.5. The van der Waals surface area contributed by atoms with E-state index in [1.807, 2.05) is 6.08 Å². The normalized spacial score (nSPS) is 12.8. The molecule has 0 aromatic heterocycles. The van der Waals surface area contributed by atoms with Crippen molar-refractivity contribution in [3.63, 3.8) is 0 Å². The Hall–Kier alpha value is -2.25. The number of unbranched alkanes of at least 4 members (excludes halogenated alkanes) is 13. The topological polar surface area (TPSA) is 54.0 Å². The lowest BCUT2D eigenvalue weighted by Crippen LogP contribution is -2.68. The molecule has 0 aliphatic heterocycles. The smallest absolute Gasteiger partial charge is 0.306 e. The third-order valence-electron chi connectivity index (χ3n) is 9.41. The zero-order chi connectivity index (χ0) is 36.2. The molecule has 282 valence electrons. The number of allylic oxidation sites excluding steroid dienone is 1. The predicted octanol–water partition coefficient (Wildman–Crippen LogP) is 10.7. The Morgan fingerprint density at radius 2 is 1.12 bits per heavy atom. The minimum Gasteiger partial charge on any atom is -0.461 e. The Morgan fingerprint density at radius 3 is 1.64 bits per heavy atom. The first-order valence-corrected chi connectivity index (χ1v) is 22.0. The minimum atomic E-state index is -2.74. The van der Waals surface area contributed by atoms with E-state index in [-0.39, 0.29) is 17.1 Å². The number of hydrogen-bond donors (Lipinski definition) is 0. The van der Waals surface area contributed by atoms with E-state index in [0.717, 1.165) is 38.7 Å². The summed E-state index contributed by atoms with van der Waals surface area (Å²) >= 11 is 0. The maximum Gasteiger partial charge on any atom is 0.306 e. The predicted molar refractivity (Wildman–Crippen MR) is 214 cm³/mol. The van der Waals surface area contributed by atoms with Crippen LogP contribution in [0, 0.1) is 0 Å². The van der Waals surface area contributed by atoms with Crippen LogP contribution < -0.4 is 10.4 Å². The van der Waals surface area contributed by atoms with Crippen LogP contribution in [0.1, 0.15) is 144 Å². The fraction of sp³-hybridized carbons (Fsp3) is 0.659. The van der Waals surface area contributed by atoms with E-state index in [1.54, 1.807) is 0 Å². The molecule has 0 aliphatic rings. The lowest BCUT2D eigenvalue weighted by Gasteiger charge is -2.45. The standard InChI is InChI=1S/C44H72O5Si/c1-6-8-10-12-14-15-16-18-29-37-48-43(45)34-26-21-28-36-47-39-40(38-46-35-27-17-13-11-9-7-2)49-50(44(3,4)5,41-30-22-19-23-31-41)42-32-24-20-25-33-42/h18-20,22-25,29-33,40H,6-17,21,26-28,34-39H2,1-5H3/b29-18-. The molecule has 0 aliphatic carbocycles. The highest BCUT2D eigenvalue weighted by atomic mass is 28.4. The zero-order valence-corrected chi connectivity index (χ0v) is 33.6. The summed E-state index contributed by atoms with van der Waals surface area (Å²) in [5, 5.41) is 2.41. The van der Waals surface area contributed by atoms with E-state index in [0.29, 0.717) is 32.8 Å². The van der Waals surface area contributed by atoms with Gasteiger partial charge in [0.05, 0.1) is 19.3 Å². The minimum absolute atomic E-state index is 0.114. The highest BCUT2D eigenvalue weighted by molar-refractivity contribution is 6.99. The average Bonchev–Trinajstić information content (AvgIpc) is 3.11. The number of hydrogen-bond acceptors (Lipinski definition) is 5. The molecule has 0 fully saturated rings. The van der Waals surface area contributed by atoms with Crippen LogP contribution in [0.15, 0.2) is 72.8 Å². The van der Waals surface area contributed by atoms with Crippen LogP contribution >= 0.6 is 0 Å². The van der Waals surface area contributed by atoms with Gasteiger partial charge in [-0.15, -0.1) is 0 Å². The monoisotopic (exact) mass is 709 g/mol. The highest BCUT2D eigenvalue weighted by Gasteiger charge is 2.51. The van der Waals surface area contributed by atoms with Crippen molar-refractivity contribution < 1.29 is 23.4 Å². The number of ether oxygens (including phenoxy) is 3. The van der Waals surface area contributed by atoms with Crippen molar-refractivity contribution in [2.45, 2.75) is 155 Å². The first-order chi connectivity index (χ1) is 24.3. The van der Waals surface area contributed by atoms with E-state index >= 15 is 0 Å². The van der Waals surface area contributed by atoms with Gasteiger partial charge < -0.3 is 18.6 Å². The SMILES string of the molecule is CCCCCCCC/C=C\COC(=O)CCCCCOCC(COCCCCCCCC)O[Si](c1ccccc1)(c1ccccc1)C(C)(C)C. The van der Waals surface area contributed by atoms with Crippen molar-refractivity contribution in [1.82, 2.24) is 0 Å². The van der Waals surface area contributed by atoms with Crippen LogP contribution in [0.4, 0.5) is 0 Å². The molecule has 0 saturated heterocycles. The Bertz CT molecular complexity index is 1070. The van der Waals surface area contributed by atoms with Gasteiger partial charge in [0.2, 0.25) is 0 Å². The van der Waals surface area contributed by atoms with E-state index in [1.165, 1.54) is 81.0 Å². The van der Waals surface area contributed by atoms with Gasteiger partial charge in [0.1, 0.15) is 6.61 Å². The highest BCUT2D eigenvalue weighted by Crippen LogP contribution is 2.37. The number of benzene rings is 2. The summed E-state index contributed by atoms with van der Waals surface area (Å²) in [5.74, 6) is -0.114. The van der Waals surface area contributed by atoms with Crippen LogP contribution in [-0.4, -0.2) is 53.4 Å². The first kappa shape index (κ1) is 43.9. The molecule has 0 spiro atoms. The second kappa shape index (κ2) is 27.4. The molecular weight excluding hydrogens is 637 g/mol. The molecule has 0 heterocycles. The van der Waals surface area contributed by atoms with Gasteiger partial charge in [0.15, 0.2) is 0 Å². The Balaban J connectivity index is 1.88. The molecule has 2 rings (SSSR count). The molecule has 0 amide bonds. The van der Waals surface area contributed by atoms with Gasteiger partial charge in [0, 0.05) is 19.6 Å². The summed E-state index contributed by atoms with van der Waals surface area (Å²) < 4.78 is 25.4. The summed E-state index contributed by atoms with van der Waals surface area (Å²) in [6.45, 7) is 14.2. The van der Waals surface area contributed by atoms with Gasteiger partial charge in [-0.25, -0.2) is 0 Å². The van der Waals surface area contributed by atoms with Gasteiger partial charge >= 0.3 is 5.97 Å². The molecule has 6 heteroatoms. The van der Waals surface area contributed by atoms with Gasteiger partial charge in [-0.05, 0) is 47.5 Å². The molecule has 1 unspecified atom stereocenters. The molecule has 0 N–H and O–H groups in total. The summed E-state index contributed by atoms with van der Waals surface area (Å²) in [6, 6.07) is 21.6. The Kier molecular flexibility index (Phi) is 24.1.